The van der Waals surface area contributed by atoms with Gasteiger partial charge in [0, 0.05) is 26.3 Å². The molecule has 0 spiro atoms. The number of β-amino-alcohol motifs (C(OH)–C–C–N with tert-alkyl or cyclic N) is 1. The Hall–Kier alpha value is -1.40. The van der Waals surface area contributed by atoms with E-state index >= 15 is 0 Å². The molecule has 0 radical (unpaired) electrons. The molecule has 1 amide bonds. The number of rotatable bonds is 6. The highest BCUT2D eigenvalue weighted by Crippen LogP contribution is 2.17. The number of carbonyl (C=O) groups excluding carboxylic acids is 1. The number of amides is 1. The molecule has 0 aromatic carbocycles. The molecule has 21 heavy (non-hydrogen) atoms. The molecule has 0 bridgehead atoms. The highest BCUT2D eigenvalue weighted by atomic mass is 16.3. The van der Waals surface area contributed by atoms with E-state index in [1.54, 1.807) is 24.1 Å². The summed E-state index contributed by atoms with van der Waals surface area (Å²) in [6, 6.07) is 0. The van der Waals surface area contributed by atoms with Gasteiger partial charge in [-0.25, -0.2) is 0 Å². The largest absolute Gasteiger partial charge is 0.392 e. The average molecular weight is 294 g/mol. The Morgan fingerprint density at radius 3 is 2.81 bits per heavy atom. The van der Waals surface area contributed by atoms with Crippen LogP contribution in [0.3, 0.4) is 0 Å². The van der Waals surface area contributed by atoms with Crippen molar-refractivity contribution in [1.29, 1.82) is 0 Å². The van der Waals surface area contributed by atoms with E-state index in [9.17, 15) is 9.90 Å². The van der Waals surface area contributed by atoms with Gasteiger partial charge in [0.1, 0.15) is 0 Å². The Morgan fingerprint density at radius 2 is 2.24 bits per heavy atom. The average Bonchev–Trinajstić information content (AvgIpc) is 2.92. The van der Waals surface area contributed by atoms with Crippen molar-refractivity contribution in [3.05, 3.63) is 18.0 Å². The van der Waals surface area contributed by atoms with Gasteiger partial charge in [-0.15, -0.1) is 0 Å². The minimum absolute atomic E-state index is 0.0491. The van der Waals surface area contributed by atoms with Crippen LogP contribution in [-0.2, 0) is 7.05 Å². The summed E-state index contributed by atoms with van der Waals surface area (Å²) in [6.45, 7) is 5.50. The van der Waals surface area contributed by atoms with Crippen molar-refractivity contribution >= 4 is 5.91 Å². The van der Waals surface area contributed by atoms with Crippen LogP contribution in [0.5, 0.6) is 0 Å². The minimum atomic E-state index is -0.216. The van der Waals surface area contributed by atoms with E-state index in [4.69, 9.17) is 0 Å². The Morgan fingerprint density at radius 1 is 1.52 bits per heavy atom. The summed E-state index contributed by atoms with van der Waals surface area (Å²) in [5.74, 6) is 0.479. The molecule has 1 unspecified atom stereocenters. The summed E-state index contributed by atoms with van der Waals surface area (Å²) in [5, 5.41) is 16.7. The number of nitrogens with one attached hydrogen (secondary N) is 1. The van der Waals surface area contributed by atoms with Crippen LogP contribution in [0.2, 0.25) is 0 Å². The number of nitrogens with zero attached hydrogens (tertiary/aromatic N) is 3. The maximum Gasteiger partial charge on any atom is 0.254 e. The molecule has 1 aliphatic heterocycles. The van der Waals surface area contributed by atoms with Crippen LogP contribution < -0.4 is 5.32 Å². The number of hydrogen-bond acceptors (Lipinski definition) is 4. The second-order valence-corrected chi connectivity index (χ2v) is 5.92. The van der Waals surface area contributed by atoms with E-state index < -0.39 is 0 Å². The molecular weight excluding hydrogens is 268 g/mol. The van der Waals surface area contributed by atoms with E-state index in [0.29, 0.717) is 11.5 Å². The van der Waals surface area contributed by atoms with Crippen LogP contribution in [0.15, 0.2) is 12.4 Å². The number of aromatic nitrogens is 2. The molecule has 2 rings (SSSR count). The molecule has 6 nitrogen and oxygen atoms in total. The van der Waals surface area contributed by atoms with Gasteiger partial charge in [-0.05, 0) is 38.3 Å². The normalized spacial score (nSPS) is 18.6. The molecule has 1 aromatic heterocycles. The molecule has 0 aliphatic carbocycles. The number of piperidine rings is 1. The first kappa shape index (κ1) is 16.0. The molecule has 2 heterocycles. The molecule has 0 saturated carbocycles. The van der Waals surface area contributed by atoms with Crippen LogP contribution in [-0.4, -0.2) is 58.0 Å². The molecule has 1 aliphatic rings. The Kier molecular flexibility index (Phi) is 5.76. The summed E-state index contributed by atoms with van der Waals surface area (Å²) in [4.78, 5) is 14.3. The fourth-order valence-corrected chi connectivity index (χ4v) is 2.68. The summed E-state index contributed by atoms with van der Waals surface area (Å²) >= 11 is 0. The van der Waals surface area contributed by atoms with Crippen molar-refractivity contribution in [2.75, 3.05) is 26.2 Å². The number of carbonyl (C=O) groups is 1. The molecule has 1 saturated heterocycles. The lowest BCUT2D eigenvalue weighted by molar-refractivity contribution is 0.0837. The zero-order valence-electron chi connectivity index (χ0n) is 13.0. The van der Waals surface area contributed by atoms with E-state index in [-0.39, 0.29) is 12.0 Å². The monoisotopic (exact) mass is 294 g/mol. The third kappa shape index (κ3) is 4.82. The number of aryl methyl sites for hydroxylation is 1. The van der Waals surface area contributed by atoms with Crippen LogP contribution >= 0.6 is 0 Å². The quantitative estimate of drug-likeness (QED) is 0.807. The number of hydrogen-bond donors (Lipinski definition) is 2. The molecule has 6 heteroatoms. The predicted octanol–water partition coefficient (Wildman–Crippen LogP) is 0.633. The first-order valence-electron chi connectivity index (χ1n) is 7.75. The second kappa shape index (κ2) is 7.56. The molecule has 1 atom stereocenters. The van der Waals surface area contributed by atoms with Crippen molar-refractivity contribution in [2.24, 2.45) is 13.0 Å². The Labute approximate surface area is 126 Å². The van der Waals surface area contributed by atoms with Gasteiger partial charge in [-0.1, -0.05) is 6.92 Å². The molecule has 2 N–H and O–H groups in total. The zero-order chi connectivity index (χ0) is 15.2. The maximum atomic E-state index is 11.9. The fraction of sp³-hybridized carbons (Fsp3) is 0.733. The number of aliphatic hydroxyl groups excluding tert-OH is 1. The Balaban J connectivity index is 1.68. The van der Waals surface area contributed by atoms with Crippen LogP contribution in [0.4, 0.5) is 0 Å². The van der Waals surface area contributed by atoms with E-state index in [0.717, 1.165) is 45.4 Å². The van der Waals surface area contributed by atoms with E-state index in [2.05, 4.69) is 15.3 Å². The molecule has 118 valence electrons. The van der Waals surface area contributed by atoms with E-state index in [1.807, 2.05) is 6.92 Å². The lowest BCUT2D eigenvalue weighted by Gasteiger charge is -2.33. The Bertz CT molecular complexity index is 452. The van der Waals surface area contributed by atoms with Crippen LogP contribution in [0.1, 0.15) is 36.5 Å². The van der Waals surface area contributed by atoms with Crippen molar-refractivity contribution in [1.82, 2.24) is 20.0 Å². The molecule has 1 fully saturated rings. The zero-order valence-corrected chi connectivity index (χ0v) is 13.0. The standard InChI is InChI=1S/C15H26N4O2/c1-3-14(20)11-19-6-4-12(5-7-19)8-16-15(21)13-9-17-18(2)10-13/h9-10,12,14,20H,3-8,11H2,1-2H3,(H,16,21). The van der Waals surface area contributed by atoms with Gasteiger partial charge < -0.3 is 15.3 Å². The van der Waals surface area contributed by atoms with Crippen molar-refractivity contribution in [3.8, 4) is 0 Å². The van der Waals surface area contributed by atoms with Crippen molar-refractivity contribution < 1.29 is 9.90 Å². The third-order valence-electron chi connectivity index (χ3n) is 4.17. The van der Waals surface area contributed by atoms with Gasteiger partial charge >= 0.3 is 0 Å². The van der Waals surface area contributed by atoms with E-state index in [1.165, 1.54) is 0 Å². The van der Waals surface area contributed by atoms with Crippen LogP contribution in [0.25, 0.3) is 0 Å². The van der Waals surface area contributed by atoms with Crippen LogP contribution in [0, 0.1) is 5.92 Å². The predicted molar refractivity (Wildman–Crippen MR) is 81.0 cm³/mol. The SMILES string of the molecule is CCC(O)CN1CCC(CNC(=O)c2cnn(C)c2)CC1. The third-order valence-corrected chi connectivity index (χ3v) is 4.17. The smallest absolute Gasteiger partial charge is 0.254 e. The van der Waals surface area contributed by atoms with Gasteiger partial charge in [-0.2, -0.15) is 5.10 Å². The number of likely N-dealkylation sites (tertiary alicyclic amines) is 1. The lowest BCUT2D eigenvalue weighted by atomic mass is 9.96. The minimum Gasteiger partial charge on any atom is -0.392 e. The number of aliphatic hydroxyl groups is 1. The van der Waals surface area contributed by atoms with Gasteiger partial charge in [0.05, 0.1) is 17.9 Å². The summed E-state index contributed by atoms with van der Waals surface area (Å²) in [5.41, 5.74) is 0.612. The highest BCUT2D eigenvalue weighted by molar-refractivity contribution is 5.93. The first-order valence-corrected chi connectivity index (χ1v) is 7.75. The first-order chi connectivity index (χ1) is 10.1. The summed E-state index contributed by atoms with van der Waals surface area (Å²) < 4.78 is 1.63. The summed E-state index contributed by atoms with van der Waals surface area (Å²) in [6.07, 6.45) is 6.05. The topological polar surface area (TPSA) is 70.4 Å². The summed E-state index contributed by atoms with van der Waals surface area (Å²) in [7, 11) is 1.80. The van der Waals surface area contributed by atoms with Crippen molar-refractivity contribution in [3.63, 3.8) is 0 Å². The van der Waals surface area contributed by atoms with Gasteiger partial charge in [0.15, 0.2) is 0 Å². The van der Waals surface area contributed by atoms with Gasteiger partial charge in [-0.3, -0.25) is 9.48 Å². The molecular formula is C15H26N4O2. The van der Waals surface area contributed by atoms with Gasteiger partial charge in [0.25, 0.3) is 5.91 Å². The second-order valence-electron chi connectivity index (χ2n) is 5.92. The van der Waals surface area contributed by atoms with Gasteiger partial charge in [0.2, 0.25) is 0 Å². The highest BCUT2D eigenvalue weighted by Gasteiger charge is 2.21. The lowest BCUT2D eigenvalue weighted by Crippen LogP contribution is -2.41. The maximum absolute atomic E-state index is 11.9. The van der Waals surface area contributed by atoms with Crippen molar-refractivity contribution in [2.45, 2.75) is 32.3 Å². The molecule has 1 aromatic rings. The fourth-order valence-electron chi connectivity index (χ4n) is 2.68.